The molecule has 0 saturated heterocycles. The third-order valence-electron chi connectivity index (χ3n) is 4.42. The monoisotopic (exact) mass is 297 g/mol. The van der Waals surface area contributed by atoms with Gasteiger partial charge in [-0.25, -0.2) is 4.39 Å². The molecule has 1 aliphatic carbocycles. The predicted molar refractivity (Wildman–Crippen MR) is 83.5 cm³/mol. The summed E-state index contributed by atoms with van der Waals surface area (Å²) < 4.78 is 14.2. The minimum absolute atomic E-state index is 0.0268. The van der Waals surface area contributed by atoms with Crippen molar-refractivity contribution in [3.05, 3.63) is 34.6 Å². The first kappa shape index (κ1) is 15.8. The van der Waals surface area contributed by atoms with E-state index in [0.29, 0.717) is 28.3 Å². The van der Waals surface area contributed by atoms with Crippen LogP contribution in [-0.2, 0) is 0 Å². The lowest BCUT2D eigenvalue weighted by Crippen LogP contribution is -2.34. The molecule has 0 aliphatic heterocycles. The number of hydrogen-bond acceptors (Lipinski definition) is 1. The van der Waals surface area contributed by atoms with Crippen LogP contribution in [0.25, 0.3) is 0 Å². The highest BCUT2D eigenvalue weighted by atomic mass is 35.5. The van der Waals surface area contributed by atoms with Crippen LogP contribution in [0.1, 0.15) is 51.6 Å². The fourth-order valence-corrected chi connectivity index (χ4v) is 4.09. The molecule has 0 aromatic heterocycles. The van der Waals surface area contributed by atoms with Gasteiger partial charge in [0.05, 0.1) is 0 Å². The Morgan fingerprint density at radius 2 is 1.90 bits per heavy atom. The van der Waals surface area contributed by atoms with Crippen LogP contribution in [0.3, 0.4) is 0 Å². The van der Waals surface area contributed by atoms with Gasteiger partial charge in [0.2, 0.25) is 0 Å². The van der Waals surface area contributed by atoms with Crippen LogP contribution in [0.5, 0.6) is 0 Å². The number of hydrogen-bond donors (Lipinski definition) is 1. The molecule has 1 fully saturated rings. The van der Waals surface area contributed by atoms with Crippen molar-refractivity contribution in [3.63, 3.8) is 0 Å². The molecular weight excluding hydrogens is 273 g/mol. The Labute approximate surface area is 126 Å². The van der Waals surface area contributed by atoms with Gasteiger partial charge in [0, 0.05) is 16.6 Å². The second kappa shape index (κ2) is 6.91. The fourth-order valence-electron chi connectivity index (χ4n) is 3.81. The van der Waals surface area contributed by atoms with Gasteiger partial charge >= 0.3 is 0 Å². The van der Waals surface area contributed by atoms with E-state index in [9.17, 15) is 4.39 Å². The summed E-state index contributed by atoms with van der Waals surface area (Å²) in [4.78, 5) is 0. The Morgan fingerprint density at radius 1 is 1.25 bits per heavy atom. The Morgan fingerprint density at radius 3 is 2.45 bits per heavy atom. The van der Waals surface area contributed by atoms with Gasteiger partial charge in [-0.15, -0.1) is 0 Å². The molecule has 2 rings (SSSR count). The molecular formula is C17H25ClFN. The van der Waals surface area contributed by atoms with Crippen LogP contribution < -0.4 is 5.32 Å². The average molecular weight is 298 g/mol. The summed E-state index contributed by atoms with van der Waals surface area (Å²) in [7, 11) is 0. The maximum atomic E-state index is 14.2. The quantitative estimate of drug-likeness (QED) is 0.805. The highest BCUT2D eigenvalue weighted by Gasteiger charge is 2.32. The van der Waals surface area contributed by atoms with Crippen molar-refractivity contribution in [1.82, 2.24) is 5.32 Å². The summed E-state index contributed by atoms with van der Waals surface area (Å²) in [6, 6.07) is 5.01. The fraction of sp³-hybridized carbons (Fsp3) is 0.647. The van der Waals surface area contributed by atoms with Crippen molar-refractivity contribution in [2.45, 2.75) is 46.1 Å². The van der Waals surface area contributed by atoms with E-state index < -0.39 is 0 Å². The Bertz CT molecular complexity index is 418. The van der Waals surface area contributed by atoms with Crippen molar-refractivity contribution >= 4 is 11.6 Å². The maximum absolute atomic E-state index is 14.2. The zero-order chi connectivity index (χ0) is 14.7. The molecule has 3 unspecified atom stereocenters. The maximum Gasteiger partial charge on any atom is 0.129 e. The van der Waals surface area contributed by atoms with Crippen LogP contribution in [0.15, 0.2) is 18.2 Å². The summed E-state index contributed by atoms with van der Waals surface area (Å²) in [5.74, 6) is 1.68. The molecule has 0 radical (unpaired) electrons. The molecule has 0 bridgehead atoms. The zero-order valence-electron chi connectivity index (χ0n) is 12.6. The smallest absolute Gasteiger partial charge is 0.129 e. The van der Waals surface area contributed by atoms with Crippen molar-refractivity contribution in [1.29, 1.82) is 0 Å². The average Bonchev–Trinajstić information content (AvgIpc) is 2.36. The number of rotatable bonds is 4. The molecule has 3 heteroatoms. The second-order valence-corrected chi connectivity index (χ2v) is 6.76. The number of halogens is 2. The summed E-state index contributed by atoms with van der Waals surface area (Å²) in [5.41, 5.74) is 0.655. The normalized spacial score (nSPS) is 28.4. The highest BCUT2D eigenvalue weighted by Crippen LogP contribution is 2.42. The molecule has 112 valence electrons. The van der Waals surface area contributed by atoms with Crippen LogP contribution >= 0.6 is 11.6 Å². The van der Waals surface area contributed by atoms with Crippen LogP contribution in [0, 0.1) is 23.6 Å². The van der Waals surface area contributed by atoms with E-state index >= 15 is 0 Å². The molecule has 1 N–H and O–H groups in total. The molecule has 0 amide bonds. The SMILES string of the molecule is CCNC(c1c(F)cccc1Cl)C1CC(C)CC(C)C1. The first-order valence-electron chi connectivity index (χ1n) is 7.70. The van der Waals surface area contributed by atoms with E-state index in [1.807, 2.05) is 0 Å². The van der Waals surface area contributed by atoms with Crippen molar-refractivity contribution < 1.29 is 4.39 Å². The molecule has 20 heavy (non-hydrogen) atoms. The largest absolute Gasteiger partial charge is 0.310 e. The van der Waals surface area contributed by atoms with E-state index in [1.54, 1.807) is 12.1 Å². The summed E-state index contributed by atoms with van der Waals surface area (Å²) in [5, 5.41) is 4.01. The van der Waals surface area contributed by atoms with E-state index in [4.69, 9.17) is 11.6 Å². The summed E-state index contributed by atoms with van der Waals surface area (Å²) in [6.07, 6.45) is 3.57. The number of nitrogens with one attached hydrogen (secondary N) is 1. The van der Waals surface area contributed by atoms with Gasteiger partial charge in [-0.3, -0.25) is 0 Å². The lowest BCUT2D eigenvalue weighted by atomic mass is 9.72. The Hall–Kier alpha value is -0.600. The van der Waals surface area contributed by atoms with Crippen LogP contribution in [0.4, 0.5) is 4.39 Å². The zero-order valence-corrected chi connectivity index (χ0v) is 13.4. The van der Waals surface area contributed by atoms with Gasteiger partial charge in [0.1, 0.15) is 5.82 Å². The van der Waals surface area contributed by atoms with Gasteiger partial charge in [-0.05, 0) is 55.7 Å². The van der Waals surface area contributed by atoms with Crippen LogP contribution in [-0.4, -0.2) is 6.54 Å². The van der Waals surface area contributed by atoms with Crippen molar-refractivity contribution in [2.75, 3.05) is 6.54 Å². The third kappa shape index (κ3) is 3.53. The van der Waals surface area contributed by atoms with E-state index in [1.165, 1.54) is 12.5 Å². The second-order valence-electron chi connectivity index (χ2n) is 6.35. The van der Waals surface area contributed by atoms with Gasteiger partial charge in [-0.1, -0.05) is 38.4 Å². The van der Waals surface area contributed by atoms with Crippen LogP contribution in [0.2, 0.25) is 5.02 Å². The molecule has 1 nitrogen and oxygen atoms in total. The predicted octanol–water partition coefficient (Wildman–Crippen LogP) is 5.20. The van der Waals surface area contributed by atoms with Gasteiger partial charge in [0.15, 0.2) is 0 Å². The summed E-state index contributed by atoms with van der Waals surface area (Å²) in [6.45, 7) is 7.50. The standard InChI is InChI=1S/C17H25ClFN/c1-4-20-17(13-9-11(2)8-12(3)10-13)16-14(18)6-5-7-15(16)19/h5-7,11-13,17,20H,4,8-10H2,1-3H3. The third-order valence-corrected chi connectivity index (χ3v) is 4.75. The van der Waals surface area contributed by atoms with Gasteiger partial charge < -0.3 is 5.32 Å². The molecule has 1 aromatic carbocycles. The lowest BCUT2D eigenvalue weighted by molar-refractivity contribution is 0.175. The Balaban J connectivity index is 2.31. The molecule has 0 heterocycles. The topological polar surface area (TPSA) is 12.0 Å². The minimum atomic E-state index is -0.186. The van der Waals surface area contributed by atoms with Crippen molar-refractivity contribution in [3.8, 4) is 0 Å². The highest BCUT2D eigenvalue weighted by molar-refractivity contribution is 6.31. The van der Waals surface area contributed by atoms with Gasteiger partial charge in [0.25, 0.3) is 0 Å². The summed E-state index contributed by atoms with van der Waals surface area (Å²) >= 11 is 6.27. The minimum Gasteiger partial charge on any atom is -0.310 e. The van der Waals surface area contributed by atoms with Gasteiger partial charge in [-0.2, -0.15) is 0 Å². The van der Waals surface area contributed by atoms with E-state index in [0.717, 1.165) is 19.4 Å². The molecule has 1 saturated carbocycles. The van der Waals surface area contributed by atoms with E-state index in [-0.39, 0.29) is 11.9 Å². The molecule has 1 aliphatic rings. The number of benzene rings is 1. The molecule has 3 atom stereocenters. The first-order chi connectivity index (χ1) is 9.52. The lowest BCUT2D eigenvalue weighted by Gasteiger charge is -2.37. The van der Waals surface area contributed by atoms with Crippen molar-refractivity contribution in [2.24, 2.45) is 17.8 Å². The molecule has 1 aromatic rings. The molecule has 0 spiro atoms. The first-order valence-corrected chi connectivity index (χ1v) is 8.08. The van der Waals surface area contributed by atoms with E-state index in [2.05, 4.69) is 26.1 Å². The Kier molecular flexibility index (Phi) is 5.45.